The van der Waals surface area contributed by atoms with E-state index in [1.54, 1.807) is 42.2 Å². The summed E-state index contributed by atoms with van der Waals surface area (Å²) in [6, 6.07) is 5.14. The molecule has 0 aliphatic carbocycles. The van der Waals surface area contributed by atoms with Gasteiger partial charge >= 0.3 is 0 Å². The summed E-state index contributed by atoms with van der Waals surface area (Å²) in [6.45, 7) is 0. The van der Waals surface area contributed by atoms with Crippen molar-refractivity contribution < 1.29 is 4.79 Å². The first kappa shape index (κ1) is 11.7. The van der Waals surface area contributed by atoms with Crippen molar-refractivity contribution in [3.63, 3.8) is 0 Å². The van der Waals surface area contributed by atoms with Gasteiger partial charge in [-0.15, -0.1) is 0 Å². The van der Waals surface area contributed by atoms with Crippen LogP contribution < -0.4 is 11.1 Å². The highest BCUT2D eigenvalue weighted by atomic mass is 79.9. The standard InChI is InChI=1S/C11H11BrN4O/c1-16-6-7(13)5-9(16)11(17)15-8-3-2-4-14-10(8)12/h2-6H,13H2,1H3,(H,15,17). The van der Waals surface area contributed by atoms with Gasteiger partial charge in [-0.25, -0.2) is 4.98 Å². The van der Waals surface area contributed by atoms with Crippen molar-refractivity contribution in [3.05, 3.63) is 40.9 Å². The molecule has 0 radical (unpaired) electrons. The molecule has 0 fully saturated rings. The molecule has 0 unspecified atom stereocenters. The minimum absolute atomic E-state index is 0.224. The van der Waals surface area contributed by atoms with Crippen LogP contribution >= 0.6 is 15.9 Å². The van der Waals surface area contributed by atoms with Gasteiger partial charge in [0.1, 0.15) is 10.3 Å². The van der Waals surface area contributed by atoms with Crippen molar-refractivity contribution in [3.8, 4) is 0 Å². The number of halogens is 1. The Morgan fingerprint density at radius 2 is 2.35 bits per heavy atom. The Hall–Kier alpha value is -1.82. The number of carbonyl (C=O) groups is 1. The lowest BCUT2D eigenvalue weighted by Crippen LogP contribution is -2.15. The van der Waals surface area contributed by atoms with Crippen LogP contribution in [0.1, 0.15) is 10.5 Å². The molecule has 2 rings (SSSR count). The van der Waals surface area contributed by atoms with Gasteiger partial charge in [0.05, 0.1) is 11.4 Å². The molecule has 0 bridgehead atoms. The Kier molecular flexibility index (Phi) is 3.14. The predicted molar refractivity (Wildman–Crippen MR) is 69.7 cm³/mol. The molecule has 0 atom stereocenters. The molecule has 0 aliphatic rings. The summed E-state index contributed by atoms with van der Waals surface area (Å²) in [7, 11) is 1.77. The van der Waals surface area contributed by atoms with Crippen molar-refractivity contribution >= 4 is 33.2 Å². The largest absolute Gasteiger partial charge is 0.397 e. The summed E-state index contributed by atoms with van der Waals surface area (Å²) in [4.78, 5) is 16.0. The second-order valence-corrected chi connectivity index (χ2v) is 4.32. The fraction of sp³-hybridized carbons (Fsp3) is 0.0909. The minimum atomic E-state index is -0.224. The van der Waals surface area contributed by atoms with E-state index in [9.17, 15) is 4.79 Å². The average Bonchev–Trinajstić information content (AvgIpc) is 2.61. The van der Waals surface area contributed by atoms with Crippen LogP contribution in [0.3, 0.4) is 0 Å². The zero-order chi connectivity index (χ0) is 12.4. The van der Waals surface area contributed by atoms with Gasteiger partial charge in [-0.2, -0.15) is 0 Å². The van der Waals surface area contributed by atoms with Gasteiger partial charge in [0.15, 0.2) is 0 Å². The Morgan fingerprint density at radius 3 is 2.94 bits per heavy atom. The molecule has 2 heterocycles. The van der Waals surface area contributed by atoms with Crippen molar-refractivity contribution in [1.82, 2.24) is 9.55 Å². The molecular formula is C11H11BrN4O. The number of aryl methyl sites for hydroxylation is 1. The van der Waals surface area contributed by atoms with E-state index in [2.05, 4.69) is 26.2 Å². The number of nitrogen functional groups attached to an aromatic ring is 1. The second-order valence-electron chi connectivity index (χ2n) is 3.57. The minimum Gasteiger partial charge on any atom is -0.397 e. The van der Waals surface area contributed by atoms with Crippen molar-refractivity contribution in [1.29, 1.82) is 0 Å². The van der Waals surface area contributed by atoms with Crippen LogP contribution in [0.15, 0.2) is 35.2 Å². The van der Waals surface area contributed by atoms with E-state index >= 15 is 0 Å². The molecule has 0 aromatic carbocycles. The van der Waals surface area contributed by atoms with Gasteiger partial charge in [0.2, 0.25) is 0 Å². The van der Waals surface area contributed by atoms with E-state index < -0.39 is 0 Å². The molecular weight excluding hydrogens is 284 g/mol. The van der Waals surface area contributed by atoms with E-state index in [-0.39, 0.29) is 5.91 Å². The molecule has 0 aliphatic heterocycles. The molecule has 0 saturated heterocycles. The molecule has 1 amide bonds. The van der Waals surface area contributed by atoms with E-state index in [1.165, 1.54) is 0 Å². The first-order chi connectivity index (χ1) is 8.08. The monoisotopic (exact) mass is 294 g/mol. The maximum absolute atomic E-state index is 12.0. The number of pyridine rings is 1. The summed E-state index contributed by atoms with van der Waals surface area (Å²) in [6.07, 6.45) is 3.33. The summed E-state index contributed by atoms with van der Waals surface area (Å²) in [5, 5.41) is 2.76. The highest BCUT2D eigenvalue weighted by molar-refractivity contribution is 9.10. The van der Waals surface area contributed by atoms with Gasteiger partial charge in [0.25, 0.3) is 5.91 Å². The third-order valence-corrected chi connectivity index (χ3v) is 2.90. The number of anilines is 2. The number of nitrogens with zero attached hydrogens (tertiary/aromatic N) is 2. The van der Waals surface area contributed by atoms with E-state index in [0.717, 1.165) is 0 Å². The van der Waals surface area contributed by atoms with Crippen LogP contribution in [0.4, 0.5) is 11.4 Å². The smallest absolute Gasteiger partial charge is 0.272 e. The Bertz CT molecular complexity index is 564. The normalized spacial score (nSPS) is 10.2. The van der Waals surface area contributed by atoms with E-state index in [4.69, 9.17) is 5.73 Å². The summed E-state index contributed by atoms with van der Waals surface area (Å²) in [5.74, 6) is -0.224. The molecule has 5 nitrogen and oxygen atoms in total. The molecule has 88 valence electrons. The van der Waals surface area contributed by atoms with Gasteiger partial charge in [-0.1, -0.05) is 0 Å². The molecule has 0 saturated carbocycles. The fourth-order valence-corrected chi connectivity index (χ4v) is 1.83. The maximum atomic E-state index is 12.0. The zero-order valence-electron chi connectivity index (χ0n) is 9.14. The number of nitrogens with one attached hydrogen (secondary N) is 1. The van der Waals surface area contributed by atoms with Gasteiger partial charge in [-0.3, -0.25) is 4.79 Å². The van der Waals surface area contributed by atoms with Crippen molar-refractivity contribution in [2.24, 2.45) is 7.05 Å². The molecule has 2 aromatic heterocycles. The van der Waals surface area contributed by atoms with Crippen LogP contribution in [-0.4, -0.2) is 15.5 Å². The molecule has 2 aromatic rings. The van der Waals surface area contributed by atoms with Crippen molar-refractivity contribution in [2.75, 3.05) is 11.1 Å². The topological polar surface area (TPSA) is 72.9 Å². The number of hydrogen-bond donors (Lipinski definition) is 2. The fourth-order valence-electron chi connectivity index (χ4n) is 1.48. The highest BCUT2D eigenvalue weighted by Gasteiger charge is 2.12. The maximum Gasteiger partial charge on any atom is 0.272 e. The number of hydrogen-bond acceptors (Lipinski definition) is 3. The molecule has 0 spiro atoms. The first-order valence-corrected chi connectivity index (χ1v) is 5.71. The Balaban J connectivity index is 2.23. The number of nitrogens with two attached hydrogens (primary N) is 1. The first-order valence-electron chi connectivity index (χ1n) is 4.91. The number of amides is 1. The lowest BCUT2D eigenvalue weighted by atomic mass is 10.3. The van der Waals surface area contributed by atoms with Crippen LogP contribution in [-0.2, 0) is 7.05 Å². The van der Waals surface area contributed by atoms with Gasteiger partial charge < -0.3 is 15.6 Å². The highest BCUT2D eigenvalue weighted by Crippen LogP contribution is 2.19. The van der Waals surface area contributed by atoms with Crippen molar-refractivity contribution in [2.45, 2.75) is 0 Å². The number of rotatable bonds is 2. The number of aromatic nitrogens is 2. The SMILES string of the molecule is Cn1cc(N)cc1C(=O)Nc1cccnc1Br. The molecule has 17 heavy (non-hydrogen) atoms. The van der Waals surface area contributed by atoms with Crippen LogP contribution in [0.25, 0.3) is 0 Å². The quantitative estimate of drug-likeness (QED) is 0.832. The average molecular weight is 295 g/mol. The van der Waals surface area contributed by atoms with Crippen LogP contribution in [0.2, 0.25) is 0 Å². The van der Waals surface area contributed by atoms with Crippen LogP contribution in [0, 0.1) is 0 Å². The van der Waals surface area contributed by atoms with E-state index in [0.29, 0.717) is 21.7 Å². The van der Waals surface area contributed by atoms with Gasteiger partial charge in [0, 0.05) is 19.4 Å². The Labute approximate surface area is 107 Å². The van der Waals surface area contributed by atoms with Crippen LogP contribution in [0.5, 0.6) is 0 Å². The number of carbonyl (C=O) groups excluding carboxylic acids is 1. The summed E-state index contributed by atoms with van der Waals surface area (Å²) < 4.78 is 2.27. The molecule has 6 heteroatoms. The third-order valence-electron chi connectivity index (χ3n) is 2.27. The lowest BCUT2D eigenvalue weighted by molar-refractivity contribution is 0.101. The lowest BCUT2D eigenvalue weighted by Gasteiger charge is -2.06. The predicted octanol–water partition coefficient (Wildman–Crippen LogP) is 2.02. The third kappa shape index (κ3) is 2.47. The summed E-state index contributed by atoms with van der Waals surface area (Å²) >= 11 is 3.26. The Morgan fingerprint density at radius 1 is 1.59 bits per heavy atom. The molecule has 3 N–H and O–H groups in total. The van der Waals surface area contributed by atoms with Gasteiger partial charge in [-0.05, 0) is 34.1 Å². The second kappa shape index (κ2) is 4.58. The zero-order valence-corrected chi connectivity index (χ0v) is 10.7. The van der Waals surface area contributed by atoms with E-state index in [1.807, 2.05) is 0 Å². The summed E-state index contributed by atoms with van der Waals surface area (Å²) in [5.41, 5.74) is 7.30.